The standard InChI is InChI=1S/C18H27ClN2O5S2/c1-25-16-11-15(17(26-2)10-14(16)19)21(28(3,23)24)12-18(22)20-8-9-27-13-6-4-5-7-13/h10-11,13H,4-9,12H2,1-3H3,(H,20,22). The summed E-state index contributed by atoms with van der Waals surface area (Å²) >= 11 is 7.95. The highest BCUT2D eigenvalue weighted by Crippen LogP contribution is 2.38. The number of ether oxygens (including phenoxy) is 2. The molecule has 1 fully saturated rings. The van der Waals surface area contributed by atoms with Crippen molar-refractivity contribution in [3.63, 3.8) is 0 Å². The van der Waals surface area contributed by atoms with Crippen LogP contribution in [0.25, 0.3) is 0 Å². The summed E-state index contributed by atoms with van der Waals surface area (Å²) in [5, 5.41) is 3.75. The van der Waals surface area contributed by atoms with Gasteiger partial charge in [-0.25, -0.2) is 8.42 Å². The molecule has 0 unspecified atom stereocenters. The molecule has 0 saturated heterocycles. The molecular weight excluding hydrogens is 424 g/mol. The number of halogens is 1. The van der Waals surface area contributed by atoms with Crippen molar-refractivity contribution in [1.82, 2.24) is 5.32 Å². The lowest BCUT2D eigenvalue weighted by molar-refractivity contribution is -0.119. The van der Waals surface area contributed by atoms with E-state index in [2.05, 4.69) is 5.32 Å². The van der Waals surface area contributed by atoms with Crippen LogP contribution in [0.15, 0.2) is 12.1 Å². The Labute approximate surface area is 176 Å². The summed E-state index contributed by atoms with van der Waals surface area (Å²) < 4.78 is 36.1. The lowest BCUT2D eigenvalue weighted by Crippen LogP contribution is -2.41. The number of sulfonamides is 1. The summed E-state index contributed by atoms with van der Waals surface area (Å²) in [5.74, 6) is 0.960. The molecule has 158 valence electrons. The summed E-state index contributed by atoms with van der Waals surface area (Å²) in [7, 11) is -0.906. The molecule has 1 N–H and O–H groups in total. The predicted molar refractivity (Wildman–Crippen MR) is 114 cm³/mol. The molecule has 7 nitrogen and oxygen atoms in total. The van der Waals surface area contributed by atoms with Gasteiger partial charge in [-0.2, -0.15) is 11.8 Å². The van der Waals surface area contributed by atoms with Crippen molar-refractivity contribution >= 4 is 45.0 Å². The summed E-state index contributed by atoms with van der Waals surface area (Å²) in [6, 6.07) is 2.91. The van der Waals surface area contributed by atoms with Crippen LogP contribution in [0.2, 0.25) is 5.02 Å². The number of methoxy groups -OCH3 is 2. The van der Waals surface area contributed by atoms with Crippen LogP contribution in [-0.4, -0.2) is 58.9 Å². The highest BCUT2D eigenvalue weighted by atomic mass is 35.5. The van der Waals surface area contributed by atoms with Gasteiger partial charge >= 0.3 is 0 Å². The maximum absolute atomic E-state index is 12.4. The highest BCUT2D eigenvalue weighted by Gasteiger charge is 2.25. The molecule has 28 heavy (non-hydrogen) atoms. The smallest absolute Gasteiger partial charge is 0.240 e. The normalized spacial score (nSPS) is 14.7. The van der Waals surface area contributed by atoms with Crippen molar-refractivity contribution in [2.24, 2.45) is 0 Å². The Bertz CT molecular complexity index is 782. The van der Waals surface area contributed by atoms with Crippen molar-refractivity contribution < 1.29 is 22.7 Å². The summed E-state index contributed by atoms with van der Waals surface area (Å²) in [6.45, 7) is 0.146. The maximum atomic E-state index is 12.4. The van der Waals surface area contributed by atoms with E-state index in [0.29, 0.717) is 17.5 Å². The van der Waals surface area contributed by atoms with Crippen molar-refractivity contribution in [3.8, 4) is 11.5 Å². The molecule has 1 saturated carbocycles. The zero-order chi connectivity index (χ0) is 20.7. The molecular formula is C18H27ClN2O5S2. The van der Waals surface area contributed by atoms with Gasteiger partial charge in [0.05, 0.1) is 31.2 Å². The average Bonchev–Trinajstić information content (AvgIpc) is 3.16. The topological polar surface area (TPSA) is 84.9 Å². The SMILES string of the molecule is COc1cc(N(CC(=O)NCCSC2CCCC2)S(C)(=O)=O)c(OC)cc1Cl. The number of amides is 1. The predicted octanol–water partition coefficient (Wildman–Crippen LogP) is 2.92. The van der Waals surface area contributed by atoms with E-state index in [4.69, 9.17) is 21.1 Å². The minimum atomic E-state index is -3.74. The van der Waals surface area contributed by atoms with E-state index < -0.39 is 10.0 Å². The summed E-state index contributed by atoms with van der Waals surface area (Å²) in [4.78, 5) is 12.4. The number of nitrogens with one attached hydrogen (secondary N) is 1. The number of thioether (sulfide) groups is 1. The van der Waals surface area contributed by atoms with Crippen LogP contribution in [0.5, 0.6) is 11.5 Å². The zero-order valence-corrected chi connectivity index (χ0v) is 18.8. The van der Waals surface area contributed by atoms with Crippen molar-refractivity contribution in [3.05, 3.63) is 17.2 Å². The van der Waals surface area contributed by atoms with Crippen molar-refractivity contribution in [2.75, 3.05) is 43.6 Å². The molecule has 1 aliphatic rings. The van der Waals surface area contributed by atoms with Gasteiger partial charge in [-0.1, -0.05) is 24.4 Å². The minimum Gasteiger partial charge on any atom is -0.495 e. The van der Waals surface area contributed by atoms with Crippen LogP contribution in [-0.2, 0) is 14.8 Å². The van der Waals surface area contributed by atoms with E-state index >= 15 is 0 Å². The third-order valence-electron chi connectivity index (χ3n) is 4.49. The minimum absolute atomic E-state index is 0.196. The van der Waals surface area contributed by atoms with Crippen LogP contribution in [0.3, 0.4) is 0 Å². The number of carbonyl (C=O) groups excluding carboxylic acids is 1. The molecule has 1 aliphatic carbocycles. The van der Waals surface area contributed by atoms with Gasteiger partial charge in [0.1, 0.15) is 18.0 Å². The van der Waals surface area contributed by atoms with Crippen molar-refractivity contribution in [2.45, 2.75) is 30.9 Å². The fraction of sp³-hybridized carbons (Fsp3) is 0.611. The Morgan fingerprint density at radius 1 is 1.25 bits per heavy atom. The Kier molecular flexibility index (Phi) is 8.57. The highest BCUT2D eigenvalue weighted by molar-refractivity contribution is 7.99. The monoisotopic (exact) mass is 450 g/mol. The number of anilines is 1. The van der Waals surface area contributed by atoms with Crippen LogP contribution < -0.4 is 19.1 Å². The lowest BCUT2D eigenvalue weighted by Gasteiger charge is -2.24. The van der Waals surface area contributed by atoms with Gasteiger partial charge in [-0.05, 0) is 12.8 Å². The first-order valence-electron chi connectivity index (χ1n) is 9.03. The fourth-order valence-electron chi connectivity index (χ4n) is 3.08. The fourth-order valence-corrected chi connectivity index (χ4v) is 5.38. The third kappa shape index (κ3) is 6.35. The zero-order valence-electron chi connectivity index (χ0n) is 16.4. The summed E-state index contributed by atoms with van der Waals surface area (Å²) in [5.41, 5.74) is 0.196. The van der Waals surface area contributed by atoms with E-state index in [1.165, 1.54) is 52.0 Å². The Balaban J connectivity index is 2.06. The summed E-state index contributed by atoms with van der Waals surface area (Å²) in [6.07, 6.45) is 6.06. The second-order valence-corrected chi connectivity index (χ2v) is 10.3. The van der Waals surface area contributed by atoms with Gasteiger partial charge < -0.3 is 14.8 Å². The molecule has 1 amide bonds. The Morgan fingerprint density at radius 2 is 1.89 bits per heavy atom. The quantitative estimate of drug-likeness (QED) is 0.551. The first kappa shape index (κ1) is 23.0. The van der Waals surface area contributed by atoms with E-state index in [1.54, 1.807) is 0 Å². The second-order valence-electron chi connectivity index (χ2n) is 6.56. The number of hydrogen-bond donors (Lipinski definition) is 1. The number of carbonyl (C=O) groups is 1. The molecule has 10 heteroatoms. The number of hydrogen-bond acceptors (Lipinski definition) is 6. The molecule has 1 aromatic carbocycles. The largest absolute Gasteiger partial charge is 0.495 e. The van der Waals surface area contributed by atoms with E-state index in [-0.39, 0.29) is 28.9 Å². The average molecular weight is 451 g/mol. The number of nitrogens with zero attached hydrogens (tertiary/aromatic N) is 1. The number of rotatable bonds is 10. The molecule has 1 aromatic rings. The Morgan fingerprint density at radius 3 is 2.46 bits per heavy atom. The first-order valence-corrected chi connectivity index (χ1v) is 12.3. The number of benzene rings is 1. The van der Waals surface area contributed by atoms with Gasteiger partial charge in [-0.3, -0.25) is 9.10 Å². The van der Waals surface area contributed by atoms with Crippen LogP contribution in [0, 0.1) is 0 Å². The molecule has 0 atom stereocenters. The van der Waals surface area contributed by atoms with E-state index in [9.17, 15) is 13.2 Å². The first-order chi connectivity index (χ1) is 13.3. The molecule has 0 aliphatic heterocycles. The van der Waals surface area contributed by atoms with Crippen LogP contribution in [0.1, 0.15) is 25.7 Å². The third-order valence-corrected chi connectivity index (χ3v) is 7.29. The molecule has 0 bridgehead atoms. The molecule has 0 heterocycles. The van der Waals surface area contributed by atoms with Gasteiger partial charge in [0, 0.05) is 29.7 Å². The molecule has 0 aromatic heterocycles. The van der Waals surface area contributed by atoms with Gasteiger partial charge in [0.2, 0.25) is 15.9 Å². The van der Waals surface area contributed by atoms with Gasteiger partial charge in [0.15, 0.2) is 0 Å². The Hall–Kier alpha value is -1.32. The molecule has 2 rings (SSSR count). The van der Waals surface area contributed by atoms with Crippen LogP contribution in [0.4, 0.5) is 5.69 Å². The van der Waals surface area contributed by atoms with Gasteiger partial charge in [-0.15, -0.1) is 0 Å². The second kappa shape index (κ2) is 10.5. The maximum Gasteiger partial charge on any atom is 0.240 e. The lowest BCUT2D eigenvalue weighted by atomic mass is 10.2. The molecule has 0 radical (unpaired) electrons. The van der Waals surface area contributed by atoms with Crippen LogP contribution >= 0.6 is 23.4 Å². The van der Waals surface area contributed by atoms with E-state index in [0.717, 1.165) is 16.3 Å². The van der Waals surface area contributed by atoms with Crippen molar-refractivity contribution in [1.29, 1.82) is 0 Å². The van der Waals surface area contributed by atoms with E-state index in [1.807, 2.05) is 11.8 Å². The van der Waals surface area contributed by atoms with Gasteiger partial charge in [0.25, 0.3) is 0 Å². The molecule has 0 spiro atoms.